The molecule has 1 aliphatic rings. The van der Waals surface area contributed by atoms with E-state index >= 15 is 0 Å². The van der Waals surface area contributed by atoms with Gasteiger partial charge in [-0.25, -0.2) is 0 Å². The first-order valence-electron chi connectivity index (χ1n) is 6.80. The lowest BCUT2D eigenvalue weighted by Crippen LogP contribution is -2.50. The van der Waals surface area contributed by atoms with Crippen LogP contribution in [0.25, 0.3) is 0 Å². The second-order valence-electron chi connectivity index (χ2n) is 5.62. The molecule has 1 heterocycles. The molecule has 0 saturated heterocycles. The fourth-order valence-electron chi connectivity index (χ4n) is 2.81. The van der Waals surface area contributed by atoms with Crippen molar-refractivity contribution in [3.05, 3.63) is 18.3 Å². The highest BCUT2D eigenvalue weighted by molar-refractivity contribution is 5.91. The Morgan fingerprint density at radius 2 is 2.21 bits per heavy atom. The zero-order valence-corrected chi connectivity index (χ0v) is 11.6. The molecule has 0 radical (unpaired) electrons. The second kappa shape index (κ2) is 5.75. The van der Waals surface area contributed by atoms with E-state index in [1.165, 1.54) is 0 Å². The highest BCUT2D eigenvalue weighted by Gasteiger charge is 2.38. The summed E-state index contributed by atoms with van der Waals surface area (Å²) in [4.78, 5) is 17.2. The molecule has 1 saturated carbocycles. The van der Waals surface area contributed by atoms with Gasteiger partial charge in [-0.05, 0) is 51.9 Å². The summed E-state index contributed by atoms with van der Waals surface area (Å²) in [5, 5.41) is 12.5. The lowest BCUT2D eigenvalue weighted by Gasteiger charge is -2.43. The average molecular weight is 265 g/mol. The molecule has 1 aromatic heterocycles. The number of hydrogen-bond donors (Lipinski definition) is 3. The van der Waals surface area contributed by atoms with Crippen molar-refractivity contribution in [1.29, 1.82) is 0 Å². The third-order valence-electron chi connectivity index (χ3n) is 4.39. The Morgan fingerprint density at radius 1 is 1.53 bits per heavy atom. The molecule has 0 bridgehead atoms. The molecule has 0 spiro atoms. The summed E-state index contributed by atoms with van der Waals surface area (Å²) in [5.74, 6) is 0.868. The highest BCUT2D eigenvalue weighted by atomic mass is 16.3. The zero-order valence-electron chi connectivity index (χ0n) is 11.6. The van der Waals surface area contributed by atoms with Gasteiger partial charge >= 0.3 is 0 Å². The quantitative estimate of drug-likeness (QED) is 0.771. The zero-order chi connectivity index (χ0) is 13.9. The molecule has 0 unspecified atom stereocenters. The minimum Gasteiger partial charge on any atom is -0.394 e. The lowest BCUT2D eigenvalue weighted by atomic mass is 9.76. The van der Waals surface area contributed by atoms with E-state index in [0.717, 1.165) is 31.5 Å². The fraction of sp³-hybridized carbons (Fsp3) is 0.643. The van der Waals surface area contributed by atoms with E-state index in [9.17, 15) is 9.90 Å². The Kier molecular flexibility index (Phi) is 4.27. The first-order chi connectivity index (χ1) is 9.07. The predicted molar refractivity (Wildman–Crippen MR) is 74.9 cm³/mol. The molecule has 3 N–H and O–H groups in total. The minimum atomic E-state index is -0.150. The van der Waals surface area contributed by atoms with Gasteiger partial charge in [-0.15, -0.1) is 0 Å². The van der Waals surface area contributed by atoms with Gasteiger partial charge in [-0.1, -0.05) is 0 Å². The largest absolute Gasteiger partial charge is 0.394 e. The Bertz CT molecular complexity index is 406. The molecule has 5 heteroatoms. The molecule has 5 nitrogen and oxygen atoms in total. The SMILES string of the molecule is CN(C)C1(CO)CCC(C(=O)Nc2ccc[nH]2)CC1. The van der Waals surface area contributed by atoms with Crippen molar-refractivity contribution in [3.8, 4) is 0 Å². The van der Waals surface area contributed by atoms with Gasteiger partial charge in [0.1, 0.15) is 5.82 Å². The second-order valence-corrected chi connectivity index (χ2v) is 5.62. The van der Waals surface area contributed by atoms with Gasteiger partial charge < -0.3 is 20.3 Å². The first-order valence-corrected chi connectivity index (χ1v) is 6.80. The molecule has 2 rings (SSSR count). The van der Waals surface area contributed by atoms with E-state index in [1.54, 1.807) is 6.20 Å². The topological polar surface area (TPSA) is 68.4 Å². The Hall–Kier alpha value is -1.33. The van der Waals surface area contributed by atoms with Crippen LogP contribution in [0.15, 0.2) is 18.3 Å². The van der Waals surface area contributed by atoms with Gasteiger partial charge in [0, 0.05) is 17.7 Å². The summed E-state index contributed by atoms with van der Waals surface area (Å²) in [5.41, 5.74) is -0.150. The molecule has 0 aromatic carbocycles. The molecule has 19 heavy (non-hydrogen) atoms. The number of amides is 1. The first kappa shape index (κ1) is 14.1. The van der Waals surface area contributed by atoms with E-state index in [0.29, 0.717) is 0 Å². The molecule has 1 amide bonds. The van der Waals surface area contributed by atoms with Crippen LogP contribution in [-0.2, 0) is 4.79 Å². The number of likely N-dealkylation sites (N-methyl/N-ethyl adjacent to an activating group) is 1. The lowest BCUT2D eigenvalue weighted by molar-refractivity contribution is -0.122. The van der Waals surface area contributed by atoms with Crippen LogP contribution in [0.3, 0.4) is 0 Å². The maximum absolute atomic E-state index is 12.1. The number of carbonyl (C=O) groups is 1. The van der Waals surface area contributed by atoms with Crippen molar-refractivity contribution in [2.75, 3.05) is 26.0 Å². The number of aromatic nitrogens is 1. The Labute approximate surface area is 114 Å². The molecule has 0 aliphatic heterocycles. The van der Waals surface area contributed by atoms with Crippen molar-refractivity contribution in [2.24, 2.45) is 5.92 Å². The summed E-state index contributed by atoms with van der Waals surface area (Å²) in [6.45, 7) is 0.158. The van der Waals surface area contributed by atoms with Gasteiger partial charge in [-0.3, -0.25) is 4.79 Å². The maximum Gasteiger partial charge on any atom is 0.228 e. The third kappa shape index (κ3) is 2.98. The number of aliphatic hydroxyl groups excluding tert-OH is 1. The van der Waals surface area contributed by atoms with Crippen molar-refractivity contribution in [3.63, 3.8) is 0 Å². The van der Waals surface area contributed by atoms with Crippen LogP contribution >= 0.6 is 0 Å². The fourth-order valence-corrected chi connectivity index (χ4v) is 2.81. The summed E-state index contributed by atoms with van der Waals surface area (Å²) < 4.78 is 0. The standard InChI is InChI=1S/C14H23N3O2/c1-17(2)14(10-18)7-5-11(6-8-14)13(19)16-12-4-3-9-15-12/h3-4,9,11,15,18H,5-8,10H2,1-2H3,(H,16,19). The van der Waals surface area contributed by atoms with E-state index in [2.05, 4.69) is 15.2 Å². The normalized spacial score (nSPS) is 27.5. The highest BCUT2D eigenvalue weighted by Crippen LogP contribution is 2.35. The van der Waals surface area contributed by atoms with Gasteiger partial charge in [0.05, 0.1) is 6.61 Å². The number of anilines is 1. The van der Waals surface area contributed by atoms with E-state index in [4.69, 9.17) is 0 Å². The van der Waals surface area contributed by atoms with E-state index in [1.807, 2.05) is 26.2 Å². The molecule has 0 atom stereocenters. The van der Waals surface area contributed by atoms with Crippen LogP contribution in [0.2, 0.25) is 0 Å². The van der Waals surface area contributed by atoms with Crippen LogP contribution in [0.4, 0.5) is 5.82 Å². The summed E-state index contributed by atoms with van der Waals surface area (Å²) in [6, 6.07) is 3.71. The van der Waals surface area contributed by atoms with Crippen LogP contribution in [0.5, 0.6) is 0 Å². The van der Waals surface area contributed by atoms with Crippen molar-refractivity contribution in [2.45, 2.75) is 31.2 Å². The molecule has 1 fully saturated rings. The smallest absolute Gasteiger partial charge is 0.228 e. The summed E-state index contributed by atoms with van der Waals surface area (Å²) >= 11 is 0. The number of H-pyrrole nitrogens is 1. The molecular weight excluding hydrogens is 242 g/mol. The average Bonchev–Trinajstić information content (AvgIpc) is 2.91. The van der Waals surface area contributed by atoms with Gasteiger partial charge in [0.25, 0.3) is 0 Å². The Morgan fingerprint density at radius 3 is 2.68 bits per heavy atom. The number of nitrogens with zero attached hydrogens (tertiary/aromatic N) is 1. The van der Waals surface area contributed by atoms with E-state index in [-0.39, 0.29) is 24.0 Å². The molecular formula is C14H23N3O2. The number of aliphatic hydroxyl groups is 1. The summed E-state index contributed by atoms with van der Waals surface area (Å²) in [6.07, 6.45) is 5.16. The number of rotatable bonds is 4. The van der Waals surface area contributed by atoms with Gasteiger partial charge in [-0.2, -0.15) is 0 Å². The number of carbonyl (C=O) groups excluding carboxylic acids is 1. The monoisotopic (exact) mass is 265 g/mol. The Balaban J connectivity index is 1.91. The van der Waals surface area contributed by atoms with E-state index < -0.39 is 0 Å². The predicted octanol–water partition coefficient (Wildman–Crippen LogP) is 1.44. The van der Waals surface area contributed by atoms with Crippen molar-refractivity contribution < 1.29 is 9.90 Å². The minimum absolute atomic E-state index is 0.0444. The molecule has 1 aliphatic carbocycles. The molecule has 106 valence electrons. The van der Waals surface area contributed by atoms with Crippen LogP contribution < -0.4 is 5.32 Å². The van der Waals surface area contributed by atoms with Crippen LogP contribution in [0.1, 0.15) is 25.7 Å². The molecule has 1 aromatic rings. The van der Waals surface area contributed by atoms with Crippen molar-refractivity contribution in [1.82, 2.24) is 9.88 Å². The number of aromatic amines is 1. The van der Waals surface area contributed by atoms with Gasteiger partial charge in [0.2, 0.25) is 5.91 Å². The van der Waals surface area contributed by atoms with Crippen LogP contribution in [0, 0.1) is 5.92 Å². The van der Waals surface area contributed by atoms with Crippen LogP contribution in [-0.4, -0.2) is 47.1 Å². The third-order valence-corrected chi connectivity index (χ3v) is 4.39. The number of hydrogen-bond acceptors (Lipinski definition) is 3. The maximum atomic E-state index is 12.1. The van der Waals surface area contributed by atoms with Gasteiger partial charge in [0.15, 0.2) is 0 Å². The summed E-state index contributed by atoms with van der Waals surface area (Å²) in [7, 11) is 3.99. The van der Waals surface area contributed by atoms with Crippen molar-refractivity contribution >= 4 is 11.7 Å². The number of nitrogens with one attached hydrogen (secondary N) is 2.